The predicted octanol–water partition coefficient (Wildman–Crippen LogP) is 3.78. The highest BCUT2D eigenvalue weighted by Crippen LogP contribution is 2.07. The van der Waals surface area contributed by atoms with Gasteiger partial charge >= 0.3 is 5.97 Å². The second kappa shape index (κ2) is 11.5. The Morgan fingerprint density at radius 3 is 2.00 bits per heavy atom. The number of carboxylic acid groups (broad SMARTS) is 1. The molecule has 0 saturated carbocycles. The average molecular weight is 257 g/mol. The standard InChI is InChI=1S/C15H31NO2/c1-4-6-8-10-12-16(11-9-7-5-2)13-14(3)15(17)18/h14H,4-13H2,1-3H3,(H,17,18). The molecule has 0 aliphatic rings. The molecule has 0 aromatic carbocycles. The van der Waals surface area contributed by atoms with Crippen molar-refractivity contribution in [2.45, 2.75) is 65.7 Å². The molecule has 1 N–H and O–H groups in total. The fourth-order valence-electron chi connectivity index (χ4n) is 2.11. The normalized spacial score (nSPS) is 12.9. The number of aliphatic carboxylic acids is 1. The van der Waals surface area contributed by atoms with E-state index < -0.39 is 5.97 Å². The van der Waals surface area contributed by atoms with Crippen LogP contribution in [0.4, 0.5) is 0 Å². The van der Waals surface area contributed by atoms with Crippen LogP contribution in [-0.2, 0) is 4.79 Å². The molecule has 1 atom stereocenters. The van der Waals surface area contributed by atoms with E-state index >= 15 is 0 Å². The van der Waals surface area contributed by atoms with Crippen LogP contribution < -0.4 is 0 Å². The number of unbranched alkanes of at least 4 members (excludes halogenated alkanes) is 5. The van der Waals surface area contributed by atoms with E-state index in [4.69, 9.17) is 5.11 Å². The fraction of sp³-hybridized carbons (Fsp3) is 0.933. The molecule has 0 rings (SSSR count). The molecule has 0 radical (unpaired) electrons. The van der Waals surface area contributed by atoms with Gasteiger partial charge in [0.15, 0.2) is 0 Å². The van der Waals surface area contributed by atoms with E-state index in [2.05, 4.69) is 18.7 Å². The van der Waals surface area contributed by atoms with Gasteiger partial charge in [-0.2, -0.15) is 0 Å². The number of carboxylic acids is 1. The second-order valence-electron chi connectivity index (χ2n) is 5.31. The first kappa shape index (κ1) is 17.4. The SMILES string of the molecule is CCCCCCN(CCCCC)CC(C)C(=O)O. The molecule has 0 aliphatic heterocycles. The summed E-state index contributed by atoms with van der Waals surface area (Å²) in [6, 6.07) is 0. The minimum Gasteiger partial charge on any atom is -0.481 e. The molecule has 0 aromatic rings. The summed E-state index contributed by atoms with van der Waals surface area (Å²) in [6.45, 7) is 9.03. The Balaban J connectivity index is 3.94. The fourth-order valence-corrected chi connectivity index (χ4v) is 2.11. The maximum absolute atomic E-state index is 10.9. The number of nitrogens with zero attached hydrogens (tertiary/aromatic N) is 1. The summed E-state index contributed by atoms with van der Waals surface area (Å²) < 4.78 is 0. The minimum atomic E-state index is -0.677. The molecule has 0 heterocycles. The van der Waals surface area contributed by atoms with Gasteiger partial charge in [0.1, 0.15) is 0 Å². The van der Waals surface area contributed by atoms with Crippen LogP contribution in [0.25, 0.3) is 0 Å². The quantitative estimate of drug-likeness (QED) is 0.541. The second-order valence-corrected chi connectivity index (χ2v) is 5.31. The number of rotatable bonds is 12. The highest BCUT2D eigenvalue weighted by Gasteiger charge is 2.15. The molecule has 0 aliphatic carbocycles. The molecule has 108 valence electrons. The molecule has 0 amide bonds. The Labute approximate surface area is 113 Å². The Bertz CT molecular complexity index is 207. The summed E-state index contributed by atoms with van der Waals surface area (Å²) in [6.07, 6.45) is 8.66. The third-order valence-corrected chi connectivity index (χ3v) is 3.36. The molecule has 0 spiro atoms. The zero-order valence-electron chi connectivity index (χ0n) is 12.5. The highest BCUT2D eigenvalue weighted by atomic mass is 16.4. The zero-order valence-corrected chi connectivity index (χ0v) is 12.5. The maximum Gasteiger partial charge on any atom is 0.307 e. The van der Waals surface area contributed by atoms with Crippen molar-refractivity contribution in [2.75, 3.05) is 19.6 Å². The van der Waals surface area contributed by atoms with E-state index in [-0.39, 0.29) is 5.92 Å². The van der Waals surface area contributed by atoms with Crippen LogP contribution in [0.1, 0.15) is 65.7 Å². The molecule has 3 nitrogen and oxygen atoms in total. The van der Waals surface area contributed by atoms with Gasteiger partial charge in [-0.15, -0.1) is 0 Å². The van der Waals surface area contributed by atoms with Gasteiger partial charge in [-0.1, -0.05) is 52.9 Å². The first-order valence-electron chi connectivity index (χ1n) is 7.56. The predicted molar refractivity (Wildman–Crippen MR) is 76.9 cm³/mol. The van der Waals surface area contributed by atoms with Crippen LogP contribution in [-0.4, -0.2) is 35.6 Å². The molecule has 0 fully saturated rings. The summed E-state index contributed by atoms with van der Waals surface area (Å²) in [5, 5.41) is 8.99. The summed E-state index contributed by atoms with van der Waals surface area (Å²) in [7, 11) is 0. The van der Waals surface area contributed by atoms with Gasteiger partial charge in [-0.25, -0.2) is 0 Å². The van der Waals surface area contributed by atoms with E-state index in [0.29, 0.717) is 6.54 Å². The van der Waals surface area contributed by atoms with Crippen molar-refractivity contribution in [1.82, 2.24) is 4.90 Å². The molecule has 0 aromatic heterocycles. The van der Waals surface area contributed by atoms with Crippen LogP contribution >= 0.6 is 0 Å². The molecule has 0 saturated heterocycles. The zero-order chi connectivity index (χ0) is 13.8. The highest BCUT2D eigenvalue weighted by molar-refractivity contribution is 5.69. The molecular weight excluding hydrogens is 226 g/mol. The van der Waals surface area contributed by atoms with Crippen molar-refractivity contribution in [2.24, 2.45) is 5.92 Å². The average Bonchev–Trinajstić information content (AvgIpc) is 2.34. The van der Waals surface area contributed by atoms with Gasteiger partial charge in [0.05, 0.1) is 5.92 Å². The van der Waals surface area contributed by atoms with Crippen molar-refractivity contribution in [1.29, 1.82) is 0 Å². The molecular formula is C15H31NO2. The largest absolute Gasteiger partial charge is 0.481 e. The smallest absolute Gasteiger partial charge is 0.307 e. The van der Waals surface area contributed by atoms with Gasteiger partial charge in [-0.05, 0) is 25.9 Å². The monoisotopic (exact) mass is 257 g/mol. The summed E-state index contributed by atoms with van der Waals surface area (Å²) in [4.78, 5) is 13.3. The van der Waals surface area contributed by atoms with E-state index in [1.54, 1.807) is 6.92 Å². The van der Waals surface area contributed by atoms with Crippen LogP contribution in [0.2, 0.25) is 0 Å². The molecule has 18 heavy (non-hydrogen) atoms. The van der Waals surface area contributed by atoms with E-state index in [1.165, 1.54) is 44.9 Å². The van der Waals surface area contributed by atoms with Crippen LogP contribution in [0.15, 0.2) is 0 Å². The lowest BCUT2D eigenvalue weighted by atomic mass is 10.1. The Hall–Kier alpha value is -0.570. The Kier molecular flexibility index (Phi) is 11.2. The van der Waals surface area contributed by atoms with Crippen molar-refractivity contribution >= 4 is 5.97 Å². The van der Waals surface area contributed by atoms with Crippen molar-refractivity contribution in [3.8, 4) is 0 Å². The van der Waals surface area contributed by atoms with Crippen molar-refractivity contribution in [3.05, 3.63) is 0 Å². The van der Waals surface area contributed by atoms with Gasteiger partial charge < -0.3 is 10.0 Å². The molecule has 1 unspecified atom stereocenters. The topological polar surface area (TPSA) is 40.5 Å². The van der Waals surface area contributed by atoms with E-state index in [1.807, 2.05) is 0 Å². The van der Waals surface area contributed by atoms with Crippen LogP contribution in [0.3, 0.4) is 0 Å². The van der Waals surface area contributed by atoms with Gasteiger partial charge in [0.2, 0.25) is 0 Å². The van der Waals surface area contributed by atoms with Crippen LogP contribution in [0, 0.1) is 5.92 Å². The number of hydrogen-bond acceptors (Lipinski definition) is 2. The summed E-state index contributed by atoms with van der Waals surface area (Å²) >= 11 is 0. The van der Waals surface area contributed by atoms with Gasteiger partial charge in [0, 0.05) is 6.54 Å². The lowest BCUT2D eigenvalue weighted by Gasteiger charge is -2.24. The minimum absolute atomic E-state index is 0.252. The third-order valence-electron chi connectivity index (χ3n) is 3.36. The first-order valence-corrected chi connectivity index (χ1v) is 7.56. The molecule has 0 bridgehead atoms. The third kappa shape index (κ3) is 9.46. The lowest BCUT2D eigenvalue weighted by Crippen LogP contribution is -2.33. The summed E-state index contributed by atoms with van der Waals surface area (Å²) in [5.74, 6) is -0.929. The van der Waals surface area contributed by atoms with Crippen molar-refractivity contribution in [3.63, 3.8) is 0 Å². The number of carbonyl (C=O) groups is 1. The van der Waals surface area contributed by atoms with Gasteiger partial charge in [-0.3, -0.25) is 4.79 Å². The van der Waals surface area contributed by atoms with Gasteiger partial charge in [0.25, 0.3) is 0 Å². The lowest BCUT2D eigenvalue weighted by molar-refractivity contribution is -0.141. The molecule has 3 heteroatoms. The number of hydrogen-bond donors (Lipinski definition) is 1. The van der Waals surface area contributed by atoms with Crippen LogP contribution in [0.5, 0.6) is 0 Å². The van der Waals surface area contributed by atoms with Crippen molar-refractivity contribution < 1.29 is 9.90 Å². The van der Waals surface area contributed by atoms with E-state index in [0.717, 1.165) is 13.1 Å². The Morgan fingerprint density at radius 2 is 1.50 bits per heavy atom. The summed E-state index contributed by atoms with van der Waals surface area (Å²) in [5.41, 5.74) is 0. The first-order chi connectivity index (χ1) is 8.61. The maximum atomic E-state index is 10.9. The van der Waals surface area contributed by atoms with E-state index in [9.17, 15) is 4.79 Å². The Morgan fingerprint density at radius 1 is 1.00 bits per heavy atom.